The maximum atomic E-state index is 10.2. The predicted octanol–water partition coefficient (Wildman–Crippen LogP) is 7.61. The highest BCUT2D eigenvalue weighted by atomic mass is 35.5. The summed E-state index contributed by atoms with van der Waals surface area (Å²) in [7, 11) is 0. The van der Waals surface area contributed by atoms with Crippen molar-refractivity contribution in [3.8, 4) is 16.9 Å². The van der Waals surface area contributed by atoms with Crippen molar-refractivity contribution < 1.29 is 10.2 Å². The minimum absolute atomic E-state index is 0.107. The number of nitrogens with zero attached hydrogens (tertiary/aromatic N) is 4. The molecule has 2 N–H and O–H groups in total. The van der Waals surface area contributed by atoms with Crippen LogP contribution in [0.5, 0.6) is 5.75 Å². The van der Waals surface area contributed by atoms with Gasteiger partial charge in [-0.2, -0.15) is 0 Å². The molecule has 0 amide bonds. The van der Waals surface area contributed by atoms with Gasteiger partial charge in [-0.05, 0) is 78.8 Å². The first-order valence-electron chi connectivity index (χ1n) is 14.1. The number of rotatable bonds is 6. The fourth-order valence-electron chi connectivity index (χ4n) is 6.55. The summed E-state index contributed by atoms with van der Waals surface area (Å²) in [5.41, 5.74) is 5.93. The van der Waals surface area contributed by atoms with Crippen LogP contribution in [-0.4, -0.2) is 43.3 Å². The lowest BCUT2D eigenvalue weighted by Crippen LogP contribution is -2.44. The van der Waals surface area contributed by atoms with E-state index in [1.807, 2.05) is 41.3 Å². The van der Waals surface area contributed by atoms with Gasteiger partial charge < -0.3 is 10.2 Å². The zero-order valence-electron chi connectivity index (χ0n) is 22.6. The fraction of sp³-hybridized carbons (Fsp3) is 0.235. The van der Waals surface area contributed by atoms with Crippen LogP contribution in [0.1, 0.15) is 31.2 Å². The molecule has 2 bridgehead atoms. The molecule has 0 radical (unpaired) electrons. The van der Waals surface area contributed by atoms with Crippen LogP contribution in [0.25, 0.3) is 22.0 Å². The van der Waals surface area contributed by atoms with Crippen molar-refractivity contribution in [2.75, 3.05) is 4.90 Å². The number of fused-ring (bicyclic) bond motifs is 3. The second-order valence-corrected chi connectivity index (χ2v) is 11.5. The number of benzene rings is 4. The molecule has 7 heteroatoms. The first-order chi connectivity index (χ1) is 20.0. The Balaban J connectivity index is 1.24. The van der Waals surface area contributed by atoms with E-state index in [-0.39, 0.29) is 11.9 Å². The van der Waals surface area contributed by atoms with Gasteiger partial charge in [0.2, 0.25) is 0 Å². The van der Waals surface area contributed by atoms with E-state index in [1.165, 1.54) is 18.4 Å². The molecule has 2 aliphatic rings. The minimum Gasteiger partial charge on any atom is -0.508 e. The summed E-state index contributed by atoms with van der Waals surface area (Å²) in [6, 6.07) is 31.0. The van der Waals surface area contributed by atoms with Crippen molar-refractivity contribution >= 4 is 39.7 Å². The molecule has 3 heterocycles. The SMILES string of the molecule is Oc1ccc(N(c2ccccc2)c2ncnc3ccc(-c4ccc(CN5C6CCC5CC(O)C6)cc4)cc23)c(Cl)c1. The van der Waals surface area contributed by atoms with Crippen LogP contribution in [0.15, 0.2) is 97.3 Å². The monoisotopic (exact) mass is 562 g/mol. The molecule has 0 aliphatic carbocycles. The maximum Gasteiger partial charge on any atom is 0.148 e. The van der Waals surface area contributed by atoms with Gasteiger partial charge in [-0.15, -0.1) is 0 Å². The molecule has 0 saturated carbocycles. The molecular weight excluding hydrogens is 532 g/mol. The van der Waals surface area contributed by atoms with Gasteiger partial charge in [0.05, 0.1) is 22.3 Å². The summed E-state index contributed by atoms with van der Waals surface area (Å²) >= 11 is 6.66. The van der Waals surface area contributed by atoms with Crippen LogP contribution in [0.3, 0.4) is 0 Å². The van der Waals surface area contributed by atoms with Crippen LogP contribution in [0.4, 0.5) is 17.2 Å². The number of halogens is 1. The first kappa shape index (κ1) is 26.0. The van der Waals surface area contributed by atoms with Crippen molar-refractivity contribution in [3.63, 3.8) is 0 Å². The number of aromatic hydroxyl groups is 1. The molecule has 2 unspecified atom stereocenters. The van der Waals surface area contributed by atoms with Crippen LogP contribution >= 0.6 is 11.6 Å². The van der Waals surface area contributed by atoms with Crippen molar-refractivity contribution in [3.05, 3.63) is 108 Å². The Bertz CT molecular complexity index is 1680. The van der Waals surface area contributed by atoms with Crippen LogP contribution in [0, 0.1) is 0 Å². The summed E-state index contributed by atoms with van der Waals surface area (Å²) in [6.07, 6.45) is 5.60. The second-order valence-electron chi connectivity index (χ2n) is 11.1. The van der Waals surface area contributed by atoms with Crippen molar-refractivity contribution in [1.82, 2.24) is 14.9 Å². The smallest absolute Gasteiger partial charge is 0.148 e. The lowest BCUT2D eigenvalue weighted by Gasteiger charge is -2.37. The Morgan fingerprint density at radius 2 is 1.56 bits per heavy atom. The zero-order chi connectivity index (χ0) is 27.9. The topological polar surface area (TPSA) is 72.7 Å². The Labute approximate surface area is 244 Å². The summed E-state index contributed by atoms with van der Waals surface area (Å²) in [6.45, 7) is 0.928. The lowest BCUT2D eigenvalue weighted by molar-refractivity contribution is 0.0310. The molecule has 5 aromatic rings. The third-order valence-corrected chi connectivity index (χ3v) is 8.83. The van der Waals surface area contributed by atoms with E-state index in [9.17, 15) is 10.2 Å². The molecule has 7 rings (SSSR count). The molecule has 6 nitrogen and oxygen atoms in total. The van der Waals surface area contributed by atoms with Crippen LogP contribution < -0.4 is 4.90 Å². The quantitative estimate of drug-likeness (QED) is 0.222. The van der Waals surface area contributed by atoms with E-state index in [0.29, 0.717) is 28.6 Å². The molecule has 4 aromatic carbocycles. The summed E-state index contributed by atoms with van der Waals surface area (Å²) in [5.74, 6) is 0.811. The Kier molecular flexibility index (Phi) is 6.83. The number of aliphatic hydroxyl groups excluding tert-OH is 1. The standard InChI is InChI=1S/C34H31ClN4O2/c35-31-19-28(40)13-15-33(31)39(25-4-2-1-3-5-25)34-30-16-24(10-14-32(30)36-21-37-34)23-8-6-22(7-9-23)20-38-26-11-12-27(38)18-29(41)17-26/h1-10,13-16,19,21,26-27,29,40-41H,11-12,17-18,20H2. The fourth-order valence-corrected chi connectivity index (χ4v) is 6.81. The van der Waals surface area contributed by atoms with E-state index in [0.717, 1.165) is 47.1 Å². The number of aromatic nitrogens is 2. The average Bonchev–Trinajstić information content (AvgIpc) is 3.22. The number of hydrogen-bond acceptors (Lipinski definition) is 6. The Morgan fingerprint density at radius 1 is 0.829 bits per heavy atom. The second kappa shape index (κ2) is 10.8. The average molecular weight is 563 g/mol. The zero-order valence-corrected chi connectivity index (χ0v) is 23.3. The number of anilines is 3. The highest BCUT2D eigenvalue weighted by Gasteiger charge is 2.39. The molecule has 41 heavy (non-hydrogen) atoms. The molecule has 2 fully saturated rings. The number of phenolic OH excluding ortho intramolecular Hbond substituents is 1. The van der Waals surface area contributed by atoms with Gasteiger partial charge in [0, 0.05) is 35.8 Å². The molecule has 2 saturated heterocycles. The van der Waals surface area contributed by atoms with Gasteiger partial charge in [0.1, 0.15) is 17.9 Å². The Hall–Kier alpha value is -3.97. The van der Waals surface area contributed by atoms with E-state index < -0.39 is 0 Å². The van der Waals surface area contributed by atoms with Gasteiger partial charge in [0.15, 0.2) is 0 Å². The number of phenols is 1. The first-order valence-corrected chi connectivity index (χ1v) is 14.5. The largest absolute Gasteiger partial charge is 0.508 e. The molecule has 2 atom stereocenters. The van der Waals surface area contributed by atoms with E-state index in [4.69, 9.17) is 16.6 Å². The molecule has 0 spiro atoms. The number of hydrogen-bond donors (Lipinski definition) is 2. The summed E-state index contributed by atoms with van der Waals surface area (Å²) in [5, 5.41) is 21.5. The van der Waals surface area contributed by atoms with Gasteiger partial charge >= 0.3 is 0 Å². The van der Waals surface area contributed by atoms with E-state index >= 15 is 0 Å². The van der Waals surface area contributed by atoms with E-state index in [2.05, 4.69) is 46.3 Å². The number of piperidine rings is 1. The molecule has 206 valence electrons. The van der Waals surface area contributed by atoms with Gasteiger partial charge in [-0.1, -0.05) is 60.1 Å². The maximum absolute atomic E-state index is 10.2. The molecule has 1 aromatic heterocycles. The molecular formula is C34H31ClN4O2. The van der Waals surface area contributed by atoms with Crippen molar-refractivity contribution in [2.45, 2.75) is 50.4 Å². The lowest BCUT2D eigenvalue weighted by atomic mass is 9.98. The predicted molar refractivity (Wildman–Crippen MR) is 164 cm³/mol. The van der Waals surface area contributed by atoms with Crippen molar-refractivity contribution in [1.29, 1.82) is 0 Å². The van der Waals surface area contributed by atoms with E-state index in [1.54, 1.807) is 24.5 Å². The Morgan fingerprint density at radius 3 is 2.29 bits per heavy atom. The van der Waals surface area contributed by atoms with Crippen LogP contribution in [-0.2, 0) is 6.54 Å². The number of aliphatic hydroxyl groups is 1. The highest BCUT2D eigenvalue weighted by Crippen LogP contribution is 2.42. The summed E-state index contributed by atoms with van der Waals surface area (Å²) in [4.78, 5) is 13.9. The molecule has 2 aliphatic heterocycles. The normalized spacial score (nSPS) is 20.4. The van der Waals surface area contributed by atoms with Crippen LogP contribution in [0.2, 0.25) is 5.02 Å². The third-order valence-electron chi connectivity index (χ3n) is 8.52. The van der Waals surface area contributed by atoms with Gasteiger partial charge in [-0.25, -0.2) is 9.97 Å². The van der Waals surface area contributed by atoms with Gasteiger partial charge in [0.25, 0.3) is 0 Å². The minimum atomic E-state index is -0.143. The van der Waals surface area contributed by atoms with Crippen molar-refractivity contribution in [2.24, 2.45) is 0 Å². The highest BCUT2D eigenvalue weighted by molar-refractivity contribution is 6.33. The van der Waals surface area contributed by atoms with Gasteiger partial charge in [-0.3, -0.25) is 9.80 Å². The summed E-state index contributed by atoms with van der Waals surface area (Å²) < 4.78 is 0. The number of para-hydroxylation sites is 1. The third kappa shape index (κ3) is 5.04.